The van der Waals surface area contributed by atoms with Gasteiger partial charge >= 0.3 is 12.1 Å². The zero-order valence-corrected chi connectivity index (χ0v) is 8.63. The van der Waals surface area contributed by atoms with Gasteiger partial charge in [0, 0.05) is 13.1 Å². The molecule has 2 rings (SSSR count). The predicted octanol–water partition coefficient (Wildman–Crippen LogP) is 2.28. The van der Waals surface area contributed by atoms with Crippen molar-refractivity contribution in [3.05, 3.63) is 23.8 Å². The maximum Gasteiger partial charge on any atom is 0.471 e. The van der Waals surface area contributed by atoms with Crippen LogP contribution in [0.3, 0.4) is 0 Å². The van der Waals surface area contributed by atoms with Crippen LogP contribution in [0.25, 0.3) is 0 Å². The Morgan fingerprint density at radius 2 is 2.19 bits per heavy atom. The molecule has 1 unspecified atom stereocenters. The van der Waals surface area contributed by atoms with E-state index in [0.29, 0.717) is 12.3 Å². The van der Waals surface area contributed by atoms with Crippen LogP contribution in [0, 0.1) is 5.92 Å². The first kappa shape index (κ1) is 11.2. The smallest absolute Gasteiger partial charge is 0.331 e. The SMILES string of the molecule is O=C(N1CCC2CC=CC=C2C1)C(F)(F)F. The van der Waals surface area contributed by atoms with E-state index in [4.69, 9.17) is 0 Å². The predicted molar refractivity (Wildman–Crippen MR) is 52.6 cm³/mol. The van der Waals surface area contributed by atoms with Crippen LogP contribution < -0.4 is 0 Å². The maximum absolute atomic E-state index is 12.2. The van der Waals surface area contributed by atoms with E-state index >= 15 is 0 Å². The minimum Gasteiger partial charge on any atom is -0.331 e. The summed E-state index contributed by atoms with van der Waals surface area (Å²) in [5.74, 6) is -1.40. The summed E-state index contributed by atoms with van der Waals surface area (Å²) in [6, 6.07) is 0. The number of amides is 1. The van der Waals surface area contributed by atoms with Crippen molar-refractivity contribution in [3.63, 3.8) is 0 Å². The van der Waals surface area contributed by atoms with Gasteiger partial charge < -0.3 is 4.90 Å². The molecule has 0 aromatic carbocycles. The first-order chi connectivity index (χ1) is 7.48. The Bertz CT molecular complexity index is 357. The maximum atomic E-state index is 12.2. The molecular formula is C11H12F3NO. The Kier molecular flexibility index (Phi) is 2.78. The van der Waals surface area contributed by atoms with Gasteiger partial charge in [-0.25, -0.2) is 0 Å². The summed E-state index contributed by atoms with van der Waals surface area (Å²) in [6.45, 7) is 0.321. The summed E-state index contributed by atoms with van der Waals surface area (Å²) in [7, 11) is 0. The molecule has 0 radical (unpaired) electrons. The number of alkyl halides is 3. The van der Waals surface area contributed by atoms with Gasteiger partial charge in [-0.05, 0) is 24.3 Å². The highest BCUT2D eigenvalue weighted by atomic mass is 19.4. The second-order valence-corrected chi connectivity index (χ2v) is 4.12. The lowest BCUT2D eigenvalue weighted by molar-refractivity contribution is -0.185. The van der Waals surface area contributed by atoms with E-state index in [9.17, 15) is 18.0 Å². The van der Waals surface area contributed by atoms with Gasteiger partial charge in [0.25, 0.3) is 0 Å². The summed E-state index contributed by atoms with van der Waals surface area (Å²) >= 11 is 0. The van der Waals surface area contributed by atoms with Crippen molar-refractivity contribution >= 4 is 5.91 Å². The fourth-order valence-corrected chi connectivity index (χ4v) is 2.17. The van der Waals surface area contributed by atoms with E-state index < -0.39 is 12.1 Å². The minimum absolute atomic E-state index is 0.118. The van der Waals surface area contributed by atoms with E-state index in [2.05, 4.69) is 0 Å². The number of piperidine rings is 1. The normalized spacial score (nSPS) is 25.1. The second-order valence-electron chi connectivity index (χ2n) is 4.12. The molecule has 0 aromatic rings. The van der Waals surface area contributed by atoms with E-state index in [0.717, 1.165) is 16.9 Å². The standard InChI is InChI=1S/C11H12F3NO/c12-11(13,14)10(16)15-6-5-8-3-1-2-4-9(8)7-15/h1-2,4,8H,3,5-7H2. The van der Waals surface area contributed by atoms with Gasteiger partial charge in [-0.1, -0.05) is 18.2 Å². The fourth-order valence-electron chi connectivity index (χ4n) is 2.17. The highest BCUT2D eigenvalue weighted by Gasteiger charge is 2.43. The molecule has 2 nitrogen and oxygen atoms in total. The lowest BCUT2D eigenvalue weighted by Gasteiger charge is -2.35. The monoisotopic (exact) mass is 231 g/mol. The summed E-state index contributed by atoms with van der Waals surface area (Å²) in [4.78, 5) is 11.9. The molecule has 1 saturated heterocycles. The Balaban J connectivity index is 2.08. The van der Waals surface area contributed by atoms with Gasteiger partial charge in [0.2, 0.25) is 0 Å². The van der Waals surface area contributed by atoms with Crippen molar-refractivity contribution < 1.29 is 18.0 Å². The molecule has 1 fully saturated rings. The number of fused-ring (bicyclic) bond motifs is 1. The van der Waals surface area contributed by atoms with E-state index in [1.807, 2.05) is 18.2 Å². The number of hydrogen-bond donors (Lipinski definition) is 0. The Hall–Kier alpha value is -1.26. The van der Waals surface area contributed by atoms with Crippen molar-refractivity contribution in [1.82, 2.24) is 4.90 Å². The number of hydrogen-bond acceptors (Lipinski definition) is 1. The lowest BCUT2D eigenvalue weighted by atomic mass is 9.85. The van der Waals surface area contributed by atoms with Crippen LogP contribution >= 0.6 is 0 Å². The number of carbonyl (C=O) groups excluding carboxylic acids is 1. The molecule has 5 heteroatoms. The molecule has 88 valence electrons. The topological polar surface area (TPSA) is 20.3 Å². The molecule has 16 heavy (non-hydrogen) atoms. The molecule has 1 amide bonds. The van der Waals surface area contributed by atoms with Crippen LogP contribution in [0.5, 0.6) is 0 Å². The zero-order chi connectivity index (χ0) is 11.8. The second kappa shape index (κ2) is 3.96. The fraction of sp³-hybridized carbons (Fsp3) is 0.545. The third kappa shape index (κ3) is 2.13. The van der Waals surface area contributed by atoms with Crippen LogP contribution in [0.4, 0.5) is 13.2 Å². The summed E-state index contributed by atoms with van der Waals surface area (Å²) in [6.07, 6.45) is 2.42. The van der Waals surface area contributed by atoms with Crippen LogP contribution in [-0.4, -0.2) is 30.1 Å². The van der Waals surface area contributed by atoms with Gasteiger partial charge in [0.05, 0.1) is 0 Å². The van der Waals surface area contributed by atoms with E-state index in [1.165, 1.54) is 0 Å². The Morgan fingerprint density at radius 1 is 1.44 bits per heavy atom. The van der Waals surface area contributed by atoms with Crippen LogP contribution in [0.15, 0.2) is 23.8 Å². The average molecular weight is 231 g/mol. The van der Waals surface area contributed by atoms with Crippen molar-refractivity contribution in [1.29, 1.82) is 0 Å². The van der Waals surface area contributed by atoms with E-state index in [-0.39, 0.29) is 13.1 Å². The number of halogens is 3. The molecule has 1 aliphatic carbocycles. The minimum atomic E-state index is -4.75. The first-order valence-corrected chi connectivity index (χ1v) is 5.20. The highest BCUT2D eigenvalue weighted by Crippen LogP contribution is 2.31. The lowest BCUT2D eigenvalue weighted by Crippen LogP contribution is -2.46. The molecule has 0 spiro atoms. The molecule has 1 aliphatic heterocycles. The van der Waals surface area contributed by atoms with Crippen molar-refractivity contribution in [2.75, 3.05) is 13.1 Å². The number of likely N-dealkylation sites (tertiary alicyclic amines) is 1. The Labute approximate surface area is 91.4 Å². The van der Waals surface area contributed by atoms with Crippen LogP contribution in [0.1, 0.15) is 12.8 Å². The molecule has 0 bridgehead atoms. The van der Waals surface area contributed by atoms with Crippen molar-refractivity contribution in [2.24, 2.45) is 5.92 Å². The quantitative estimate of drug-likeness (QED) is 0.626. The first-order valence-electron chi connectivity index (χ1n) is 5.20. The molecule has 0 N–H and O–H groups in total. The summed E-state index contributed by atoms with van der Waals surface area (Å²) < 4.78 is 36.7. The molecule has 0 saturated carbocycles. The van der Waals surface area contributed by atoms with Crippen molar-refractivity contribution in [2.45, 2.75) is 19.0 Å². The largest absolute Gasteiger partial charge is 0.471 e. The molecule has 1 atom stereocenters. The van der Waals surface area contributed by atoms with Gasteiger partial charge in [0.1, 0.15) is 0 Å². The Morgan fingerprint density at radius 3 is 2.88 bits per heavy atom. The summed E-state index contributed by atoms with van der Waals surface area (Å²) in [5.41, 5.74) is 0.936. The molecular weight excluding hydrogens is 219 g/mol. The van der Waals surface area contributed by atoms with Gasteiger partial charge in [-0.2, -0.15) is 13.2 Å². The number of allylic oxidation sites excluding steroid dienone is 3. The van der Waals surface area contributed by atoms with Gasteiger partial charge in [0.15, 0.2) is 0 Å². The third-order valence-corrected chi connectivity index (χ3v) is 3.04. The zero-order valence-electron chi connectivity index (χ0n) is 8.63. The number of rotatable bonds is 0. The summed E-state index contributed by atoms with van der Waals surface area (Å²) in [5, 5.41) is 0. The van der Waals surface area contributed by atoms with Crippen LogP contribution in [-0.2, 0) is 4.79 Å². The average Bonchev–Trinajstić information content (AvgIpc) is 2.26. The number of carbonyl (C=O) groups is 1. The van der Waals surface area contributed by atoms with Crippen LogP contribution in [0.2, 0.25) is 0 Å². The third-order valence-electron chi connectivity index (χ3n) is 3.04. The molecule has 1 heterocycles. The molecule has 0 aromatic heterocycles. The highest BCUT2D eigenvalue weighted by molar-refractivity contribution is 5.82. The number of nitrogens with zero attached hydrogens (tertiary/aromatic N) is 1. The van der Waals surface area contributed by atoms with Gasteiger partial charge in [-0.3, -0.25) is 4.79 Å². The van der Waals surface area contributed by atoms with Gasteiger partial charge in [-0.15, -0.1) is 0 Å². The van der Waals surface area contributed by atoms with Crippen molar-refractivity contribution in [3.8, 4) is 0 Å². The van der Waals surface area contributed by atoms with E-state index in [1.54, 1.807) is 0 Å². The molecule has 2 aliphatic rings.